The Morgan fingerprint density at radius 1 is 1.07 bits per heavy atom. The van der Waals surface area contributed by atoms with Crippen LogP contribution < -0.4 is 5.32 Å². The summed E-state index contributed by atoms with van der Waals surface area (Å²) in [6.45, 7) is 4.06. The number of hydrogen-bond acceptors (Lipinski definition) is 4. The highest BCUT2D eigenvalue weighted by Gasteiger charge is 2.12. The van der Waals surface area contributed by atoms with Gasteiger partial charge in [-0.2, -0.15) is 4.98 Å². The molecule has 0 unspecified atom stereocenters. The van der Waals surface area contributed by atoms with E-state index in [0.717, 1.165) is 18.4 Å². The second kappa shape index (κ2) is 9.12. The Morgan fingerprint density at radius 3 is 2.56 bits per heavy atom. The number of benzene rings is 2. The molecular formula is C22H25N3O2. The molecule has 3 aromatic rings. The first-order valence-electron chi connectivity index (χ1n) is 9.33. The molecule has 1 aromatic heterocycles. The SMILES string of the molecule is Cc1ccc(-c2noc(CCC(=O)N[C@@H](C)CCc3ccccc3)n2)cc1. The normalized spacial score (nSPS) is 11.9. The first-order chi connectivity index (χ1) is 13.1. The van der Waals surface area contributed by atoms with Gasteiger partial charge in [0.25, 0.3) is 0 Å². The molecular weight excluding hydrogens is 338 g/mol. The average molecular weight is 363 g/mol. The van der Waals surface area contributed by atoms with Gasteiger partial charge in [-0.3, -0.25) is 4.79 Å². The van der Waals surface area contributed by atoms with Crippen molar-refractivity contribution in [1.82, 2.24) is 15.5 Å². The largest absolute Gasteiger partial charge is 0.354 e. The number of hydrogen-bond donors (Lipinski definition) is 1. The maximum absolute atomic E-state index is 12.2. The molecule has 140 valence electrons. The van der Waals surface area contributed by atoms with Crippen molar-refractivity contribution in [3.05, 3.63) is 71.6 Å². The van der Waals surface area contributed by atoms with E-state index < -0.39 is 0 Å². The molecule has 0 bridgehead atoms. The molecule has 0 spiro atoms. The van der Waals surface area contributed by atoms with E-state index in [9.17, 15) is 4.79 Å². The molecule has 1 atom stereocenters. The van der Waals surface area contributed by atoms with Crippen LogP contribution in [0, 0.1) is 6.92 Å². The molecule has 0 aliphatic heterocycles. The molecule has 1 heterocycles. The van der Waals surface area contributed by atoms with Crippen molar-refractivity contribution in [2.45, 2.75) is 45.6 Å². The minimum absolute atomic E-state index is 0.00523. The predicted molar refractivity (Wildman–Crippen MR) is 105 cm³/mol. The van der Waals surface area contributed by atoms with Gasteiger partial charge in [0, 0.05) is 24.4 Å². The van der Waals surface area contributed by atoms with Crippen LogP contribution in [0.15, 0.2) is 59.1 Å². The quantitative estimate of drug-likeness (QED) is 0.654. The topological polar surface area (TPSA) is 68.0 Å². The fourth-order valence-electron chi connectivity index (χ4n) is 2.84. The molecule has 2 aromatic carbocycles. The zero-order valence-electron chi connectivity index (χ0n) is 15.8. The maximum Gasteiger partial charge on any atom is 0.227 e. The number of nitrogens with one attached hydrogen (secondary N) is 1. The van der Waals surface area contributed by atoms with E-state index in [1.54, 1.807) is 0 Å². The van der Waals surface area contributed by atoms with Gasteiger partial charge in [0.15, 0.2) is 0 Å². The number of aromatic nitrogens is 2. The molecule has 5 heteroatoms. The smallest absolute Gasteiger partial charge is 0.227 e. The summed E-state index contributed by atoms with van der Waals surface area (Å²) in [5.41, 5.74) is 3.38. The molecule has 27 heavy (non-hydrogen) atoms. The number of nitrogens with zero attached hydrogens (tertiary/aromatic N) is 2. The lowest BCUT2D eigenvalue weighted by molar-refractivity contribution is -0.121. The van der Waals surface area contributed by atoms with Crippen LogP contribution in [0.4, 0.5) is 0 Å². The van der Waals surface area contributed by atoms with Crippen LogP contribution in [0.2, 0.25) is 0 Å². The molecule has 0 saturated heterocycles. The van der Waals surface area contributed by atoms with Crippen LogP contribution in [0.5, 0.6) is 0 Å². The van der Waals surface area contributed by atoms with Gasteiger partial charge in [-0.15, -0.1) is 0 Å². The summed E-state index contributed by atoms with van der Waals surface area (Å²) in [7, 11) is 0. The zero-order chi connectivity index (χ0) is 19.1. The third kappa shape index (κ3) is 5.78. The van der Waals surface area contributed by atoms with Crippen LogP contribution in [0.3, 0.4) is 0 Å². The summed E-state index contributed by atoms with van der Waals surface area (Å²) < 4.78 is 5.27. The van der Waals surface area contributed by atoms with E-state index in [2.05, 4.69) is 27.6 Å². The summed E-state index contributed by atoms with van der Waals surface area (Å²) in [4.78, 5) is 16.5. The van der Waals surface area contributed by atoms with Crippen molar-refractivity contribution in [3.63, 3.8) is 0 Å². The van der Waals surface area contributed by atoms with Crippen molar-refractivity contribution in [1.29, 1.82) is 0 Å². The molecule has 0 aliphatic rings. The summed E-state index contributed by atoms with van der Waals surface area (Å²) in [5.74, 6) is 1.05. The molecule has 3 rings (SSSR count). The van der Waals surface area contributed by atoms with E-state index >= 15 is 0 Å². The Labute approximate surface area is 159 Å². The summed E-state index contributed by atoms with van der Waals surface area (Å²) in [6, 6.07) is 18.4. The molecule has 0 saturated carbocycles. The van der Waals surface area contributed by atoms with Crippen molar-refractivity contribution >= 4 is 5.91 Å². The number of amides is 1. The average Bonchev–Trinajstić information content (AvgIpc) is 3.15. The Bertz CT molecular complexity index is 857. The number of carbonyl (C=O) groups is 1. The summed E-state index contributed by atoms with van der Waals surface area (Å²) in [6.07, 6.45) is 2.64. The Balaban J connectivity index is 1.43. The van der Waals surface area contributed by atoms with E-state index in [4.69, 9.17) is 4.52 Å². The number of aryl methyl sites for hydroxylation is 3. The van der Waals surface area contributed by atoms with Crippen LogP contribution in [0.25, 0.3) is 11.4 Å². The Kier molecular flexibility index (Phi) is 6.36. The van der Waals surface area contributed by atoms with Crippen LogP contribution in [-0.2, 0) is 17.6 Å². The van der Waals surface area contributed by atoms with Gasteiger partial charge in [0.2, 0.25) is 17.6 Å². The predicted octanol–water partition coefficient (Wildman–Crippen LogP) is 4.12. The third-order valence-electron chi connectivity index (χ3n) is 4.46. The Morgan fingerprint density at radius 2 is 1.81 bits per heavy atom. The number of carbonyl (C=O) groups excluding carboxylic acids is 1. The summed E-state index contributed by atoms with van der Waals surface area (Å²) >= 11 is 0. The number of rotatable bonds is 8. The fraction of sp³-hybridized carbons (Fsp3) is 0.318. The molecule has 0 fully saturated rings. The van der Waals surface area contributed by atoms with E-state index in [0.29, 0.717) is 24.6 Å². The van der Waals surface area contributed by atoms with Gasteiger partial charge in [-0.05, 0) is 32.3 Å². The van der Waals surface area contributed by atoms with Gasteiger partial charge in [-0.1, -0.05) is 65.3 Å². The second-order valence-corrected chi connectivity index (χ2v) is 6.87. The van der Waals surface area contributed by atoms with Crippen LogP contribution in [0.1, 0.15) is 36.8 Å². The third-order valence-corrected chi connectivity index (χ3v) is 4.46. The lowest BCUT2D eigenvalue weighted by atomic mass is 10.1. The van der Waals surface area contributed by atoms with Gasteiger partial charge >= 0.3 is 0 Å². The minimum atomic E-state index is 0.00523. The lowest BCUT2D eigenvalue weighted by Gasteiger charge is -2.13. The highest BCUT2D eigenvalue weighted by atomic mass is 16.5. The van der Waals surface area contributed by atoms with Crippen LogP contribution in [-0.4, -0.2) is 22.1 Å². The van der Waals surface area contributed by atoms with Gasteiger partial charge in [0.1, 0.15) is 0 Å². The molecule has 0 aliphatic carbocycles. The van der Waals surface area contributed by atoms with E-state index in [-0.39, 0.29) is 11.9 Å². The molecule has 1 amide bonds. The monoisotopic (exact) mass is 363 g/mol. The molecule has 0 radical (unpaired) electrons. The minimum Gasteiger partial charge on any atom is -0.354 e. The lowest BCUT2D eigenvalue weighted by Crippen LogP contribution is -2.33. The van der Waals surface area contributed by atoms with Gasteiger partial charge < -0.3 is 9.84 Å². The van der Waals surface area contributed by atoms with Crippen molar-refractivity contribution < 1.29 is 9.32 Å². The highest BCUT2D eigenvalue weighted by Crippen LogP contribution is 2.16. The summed E-state index contributed by atoms with van der Waals surface area (Å²) in [5, 5.41) is 7.04. The van der Waals surface area contributed by atoms with Crippen LogP contribution >= 0.6 is 0 Å². The first kappa shape index (κ1) is 18.8. The maximum atomic E-state index is 12.2. The van der Waals surface area contributed by atoms with Crippen molar-refractivity contribution in [3.8, 4) is 11.4 Å². The fourth-order valence-corrected chi connectivity index (χ4v) is 2.84. The molecule has 5 nitrogen and oxygen atoms in total. The van der Waals surface area contributed by atoms with E-state index in [1.165, 1.54) is 11.1 Å². The van der Waals surface area contributed by atoms with Crippen molar-refractivity contribution in [2.24, 2.45) is 0 Å². The van der Waals surface area contributed by atoms with Crippen molar-refractivity contribution in [2.75, 3.05) is 0 Å². The highest BCUT2D eigenvalue weighted by molar-refractivity contribution is 5.76. The zero-order valence-corrected chi connectivity index (χ0v) is 15.8. The Hall–Kier alpha value is -2.95. The molecule has 1 N–H and O–H groups in total. The van der Waals surface area contributed by atoms with E-state index in [1.807, 2.05) is 56.3 Å². The second-order valence-electron chi connectivity index (χ2n) is 6.87. The van der Waals surface area contributed by atoms with Gasteiger partial charge in [0.05, 0.1) is 0 Å². The standard InChI is InChI=1S/C22H25N3O2/c1-16-8-12-19(13-9-16)22-24-21(27-25-22)15-14-20(26)23-17(2)10-11-18-6-4-3-5-7-18/h3-9,12-13,17H,10-11,14-15H2,1-2H3,(H,23,26)/t17-/m0/s1. The first-order valence-corrected chi connectivity index (χ1v) is 9.33. The van der Waals surface area contributed by atoms with Gasteiger partial charge in [-0.25, -0.2) is 0 Å².